The summed E-state index contributed by atoms with van der Waals surface area (Å²) in [4.78, 5) is 11.9. The lowest BCUT2D eigenvalue weighted by Gasteiger charge is -2.10. The van der Waals surface area contributed by atoms with Gasteiger partial charge in [0, 0.05) is 9.13 Å². The van der Waals surface area contributed by atoms with Crippen LogP contribution in [0.25, 0.3) is 11.3 Å². The van der Waals surface area contributed by atoms with Gasteiger partial charge in [0.05, 0.1) is 6.21 Å². The van der Waals surface area contributed by atoms with Crippen molar-refractivity contribution in [1.29, 1.82) is 0 Å². The molecular formula is C21H19IN2O3. The van der Waals surface area contributed by atoms with Crippen molar-refractivity contribution in [2.75, 3.05) is 6.61 Å². The van der Waals surface area contributed by atoms with Crippen molar-refractivity contribution in [1.82, 2.24) is 5.43 Å². The predicted octanol–water partition coefficient (Wildman–Crippen LogP) is 4.70. The Morgan fingerprint density at radius 3 is 2.52 bits per heavy atom. The molecule has 0 saturated carbocycles. The number of halogens is 1. The second-order valence-corrected chi connectivity index (χ2v) is 7.26. The fourth-order valence-electron chi connectivity index (χ4n) is 2.56. The highest BCUT2D eigenvalue weighted by Gasteiger charge is 2.07. The molecule has 0 fully saturated rings. The fourth-order valence-corrected chi connectivity index (χ4v) is 2.92. The molecular weight excluding hydrogens is 455 g/mol. The minimum Gasteiger partial charge on any atom is -0.483 e. The number of nitrogens with one attached hydrogen (secondary N) is 1. The Kier molecular flexibility index (Phi) is 6.28. The Morgan fingerprint density at radius 2 is 1.81 bits per heavy atom. The Balaban J connectivity index is 1.53. The number of aryl methyl sites for hydroxylation is 2. The van der Waals surface area contributed by atoms with Gasteiger partial charge in [-0.05, 0) is 71.8 Å². The molecule has 1 aromatic heterocycles. The van der Waals surface area contributed by atoms with E-state index in [1.165, 1.54) is 6.21 Å². The van der Waals surface area contributed by atoms with Gasteiger partial charge in [0.1, 0.15) is 17.3 Å². The molecule has 0 radical (unpaired) electrons. The summed E-state index contributed by atoms with van der Waals surface area (Å²) in [5, 5.41) is 3.92. The Bertz CT molecular complexity index is 942. The molecule has 138 valence electrons. The SMILES string of the molecule is Cc1cccc(C)c1OCC(=O)N/N=C/c1ccc(-c2ccc(I)cc2)o1. The number of amides is 1. The first kappa shape index (κ1) is 19.2. The third kappa shape index (κ3) is 5.19. The van der Waals surface area contributed by atoms with E-state index in [2.05, 4.69) is 33.1 Å². The number of furan rings is 1. The summed E-state index contributed by atoms with van der Waals surface area (Å²) >= 11 is 2.26. The summed E-state index contributed by atoms with van der Waals surface area (Å²) in [7, 11) is 0. The first-order valence-corrected chi connectivity index (χ1v) is 9.47. The zero-order valence-electron chi connectivity index (χ0n) is 15.0. The fraction of sp³-hybridized carbons (Fsp3) is 0.143. The maximum absolute atomic E-state index is 11.9. The highest BCUT2D eigenvalue weighted by molar-refractivity contribution is 14.1. The first-order valence-electron chi connectivity index (χ1n) is 8.39. The summed E-state index contributed by atoms with van der Waals surface area (Å²) in [6, 6.07) is 17.5. The van der Waals surface area contributed by atoms with Crippen LogP contribution in [0.3, 0.4) is 0 Å². The molecule has 3 rings (SSSR count). The number of benzene rings is 2. The van der Waals surface area contributed by atoms with Crippen LogP contribution in [-0.4, -0.2) is 18.7 Å². The number of carbonyl (C=O) groups excluding carboxylic acids is 1. The van der Waals surface area contributed by atoms with E-state index < -0.39 is 0 Å². The van der Waals surface area contributed by atoms with E-state index >= 15 is 0 Å². The molecule has 0 aliphatic heterocycles. The largest absolute Gasteiger partial charge is 0.483 e. The normalized spacial score (nSPS) is 10.9. The number of rotatable bonds is 6. The molecule has 0 bridgehead atoms. The molecule has 0 saturated heterocycles. The van der Waals surface area contributed by atoms with E-state index in [0.717, 1.165) is 31.8 Å². The predicted molar refractivity (Wildman–Crippen MR) is 114 cm³/mol. The van der Waals surface area contributed by atoms with Crippen LogP contribution in [0.1, 0.15) is 16.9 Å². The van der Waals surface area contributed by atoms with E-state index in [4.69, 9.17) is 9.15 Å². The molecule has 1 N–H and O–H groups in total. The maximum atomic E-state index is 11.9. The first-order chi connectivity index (χ1) is 13.0. The van der Waals surface area contributed by atoms with Gasteiger partial charge in [-0.2, -0.15) is 5.10 Å². The van der Waals surface area contributed by atoms with Gasteiger partial charge in [0.2, 0.25) is 0 Å². The molecule has 5 nitrogen and oxygen atoms in total. The summed E-state index contributed by atoms with van der Waals surface area (Å²) < 4.78 is 12.5. The lowest BCUT2D eigenvalue weighted by molar-refractivity contribution is -0.123. The van der Waals surface area contributed by atoms with Crippen LogP contribution in [0.5, 0.6) is 5.75 Å². The molecule has 1 heterocycles. The van der Waals surface area contributed by atoms with Gasteiger partial charge in [0.25, 0.3) is 5.91 Å². The van der Waals surface area contributed by atoms with Crippen LogP contribution in [0, 0.1) is 17.4 Å². The Morgan fingerprint density at radius 1 is 1.11 bits per heavy atom. The summed E-state index contributed by atoms with van der Waals surface area (Å²) in [6.07, 6.45) is 1.47. The maximum Gasteiger partial charge on any atom is 0.277 e. The quantitative estimate of drug-likeness (QED) is 0.320. The van der Waals surface area contributed by atoms with Crippen LogP contribution in [0.15, 0.2) is 64.1 Å². The van der Waals surface area contributed by atoms with Gasteiger partial charge in [0.15, 0.2) is 6.61 Å². The van der Waals surface area contributed by atoms with Crippen LogP contribution >= 0.6 is 22.6 Å². The van der Waals surface area contributed by atoms with E-state index in [1.807, 2.05) is 62.4 Å². The van der Waals surface area contributed by atoms with Gasteiger partial charge in [-0.3, -0.25) is 4.79 Å². The van der Waals surface area contributed by atoms with Crippen molar-refractivity contribution in [3.63, 3.8) is 0 Å². The van der Waals surface area contributed by atoms with Crippen LogP contribution in [0.4, 0.5) is 0 Å². The average molecular weight is 474 g/mol. The number of ether oxygens (including phenoxy) is 1. The van der Waals surface area contributed by atoms with Gasteiger partial charge in [-0.15, -0.1) is 0 Å². The van der Waals surface area contributed by atoms with E-state index in [1.54, 1.807) is 6.07 Å². The molecule has 0 unspecified atom stereocenters. The molecule has 3 aromatic rings. The van der Waals surface area contributed by atoms with Crippen molar-refractivity contribution < 1.29 is 13.9 Å². The van der Waals surface area contributed by atoms with E-state index in [-0.39, 0.29) is 12.5 Å². The van der Waals surface area contributed by atoms with Crippen molar-refractivity contribution in [2.45, 2.75) is 13.8 Å². The molecule has 27 heavy (non-hydrogen) atoms. The summed E-state index contributed by atoms with van der Waals surface area (Å²) in [5.41, 5.74) is 5.41. The minimum absolute atomic E-state index is 0.102. The lowest BCUT2D eigenvalue weighted by atomic mass is 10.1. The number of hydrogen-bond donors (Lipinski definition) is 1. The number of hydrogen-bond acceptors (Lipinski definition) is 4. The molecule has 1 amide bonds. The molecule has 0 aliphatic rings. The van der Waals surface area contributed by atoms with Gasteiger partial charge in [-0.25, -0.2) is 5.43 Å². The lowest BCUT2D eigenvalue weighted by Crippen LogP contribution is -2.24. The second-order valence-electron chi connectivity index (χ2n) is 6.01. The van der Waals surface area contributed by atoms with Crippen molar-refractivity contribution >= 4 is 34.7 Å². The third-order valence-electron chi connectivity index (χ3n) is 3.89. The number of hydrazone groups is 1. The van der Waals surface area contributed by atoms with Crippen LogP contribution < -0.4 is 10.2 Å². The summed E-state index contributed by atoms with van der Waals surface area (Å²) in [5.74, 6) is 1.69. The van der Waals surface area contributed by atoms with E-state index in [9.17, 15) is 4.79 Å². The van der Waals surface area contributed by atoms with Crippen molar-refractivity contribution in [3.05, 3.63) is 75.1 Å². The summed E-state index contributed by atoms with van der Waals surface area (Å²) in [6.45, 7) is 3.79. The van der Waals surface area contributed by atoms with Gasteiger partial charge in [-0.1, -0.05) is 30.3 Å². The minimum atomic E-state index is -0.335. The Labute approximate surface area is 171 Å². The molecule has 0 spiro atoms. The average Bonchev–Trinajstić information content (AvgIpc) is 3.11. The van der Waals surface area contributed by atoms with Gasteiger partial charge >= 0.3 is 0 Å². The highest BCUT2D eigenvalue weighted by atomic mass is 127. The van der Waals surface area contributed by atoms with Crippen LogP contribution in [-0.2, 0) is 4.79 Å². The molecule has 6 heteroatoms. The third-order valence-corrected chi connectivity index (χ3v) is 4.61. The molecule has 0 aliphatic carbocycles. The van der Waals surface area contributed by atoms with Gasteiger partial charge < -0.3 is 9.15 Å². The van der Waals surface area contributed by atoms with E-state index in [0.29, 0.717) is 5.76 Å². The second kappa shape index (κ2) is 8.85. The standard InChI is InChI=1S/C21H19IN2O3/c1-14-4-3-5-15(2)21(14)26-13-20(25)24-23-12-18-10-11-19(27-18)16-6-8-17(22)9-7-16/h3-12H,13H2,1-2H3,(H,24,25)/b23-12+. The monoisotopic (exact) mass is 474 g/mol. The zero-order chi connectivity index (χ0) is 19.2. The topological polar surface area (TPSA) is 63.8 Å². The molecule has 0 atom stereocenters. The number of para-hydroxylation sites is 1. The number of carbonyl (C=O) groups is 1. The van der Waals surface area contributed by atoms with Crippen LogP contribution in [0.2, 0.25) is 0 Å². The Hall–Kier alpha value is -2.61. The smallest absolute Gasteiger partial charge is 0.277 e. The van der Waals surface area contributed by atoms with Crippen molar-refractivity contribution in [2.24, 2.45) is 5.10 Å². The highest BCUT2D eigenvalue weighted by Crippen LogP contribution is 2.23. The molecule has 2 aromatic carbocycles. The number of nitrogens with zero attached hydrogens (tertiary/aromatic N) is 1. The van der Waals surface area contributed by atoms with Crippen molar-refractivity contribution in [3.8, 4) is 17.1 Å². The zero-order valence-corrected chi connectivity index (χ0v) is 17.2.